The minimum atomic E-state index is -0.150. The molecule has 0 radical (unpaired) electrons. The maximum atomic E-state index is 11.3. The van der Waals surface area contributed by atoms with Crippen LogP contribution in [0.2, 0.25) is 0 Å². The number of carbonyl (C=O) groups excluding carboxylic acids is 1. The Morgan fingerprint density at radius 3 is 2.75 bits per heavy atom. The summed E-state index contributed by atoms with van der Waals surface area (Å²) >= 11 is 5.87. The predicted octanol–water partition coefficient (Wildman–Crippen LogP) is 2.20. The molecular formula is C12H16ClNO2. The predicted molar refractivity (Wildman–Crippen MR) is 64.9 cm³/mol. The van der Waals surface area contributed by atoms with Crippen molar-refractivity contribution in [3.8, 4) is 5.75 Å². The molecule has 4 heteroatoms. The SMILES string of the molecule is CCC(Cl)CNC(=O)COc1ccccc1. The number of amides is 1. The van der Waals surface area contributed by atoms with E-state index in [9.17, 15) is 4.79 Å². The largest absolute Gasteiger partial charge is 0.484 e. The number of carbonyl (C=O) groups is 1. The molecule has 1 N–H and O–H groups in total. The molecule has 0 saturated heterocycles. The highest BCUT2D eigenvalue weighted by Crippen LogP contribution is 2.07. The van der Waals surface area contributed by atoms with Crippen molar-refractivity contribution in [2.45, 2.75) is 18.7 Å². The van der Waals surface area contributed by atoms with Gasteiger partial charge in [-0.15, -0.1) is 11.6 Å². The lowest BCUT2D eigenvalue weighted by molar-refractivity contribution is -0.123. The van der Waals surface area contributed by atoms with Gasteiger partial charge in [-0.1, -0.05) is 25.1 Å². The molecule has 1 rings (SSSR count). The van der Waals surface area contributed by atoms with Gasteiger partial charge in [-0.2, -0.15) is 0 Å². The second-order valence-corrected chi connectivity index (χ2v) is 4.03. The Bertz CT molecular complexity index is 316. The summed E-state index contributed by atoms with van der Waals surface area (Å²) in [5, 5.41) is 2.69. The molecule has 1 aromatic rings. The van der Waals surface area contributed by atoms with Crippen molar-refractivity contribution in [2.75, 3.05) is 13.2 Å². The average Bonchev–Trinajstić information content (AvgIpc) is 2.34. The number of hydrogen-bond acceptors (Lipinski definition) is 2. The lowest BCUT2D eigenvalue weighted by Crippen LogP contribution is -2.33. The van der Waals surface area contributed by atoms with Crippen LogP contribution < -0.4 is 10.1 Å². The van der Waals surface area contributed by atoms with Crippen LogP contribution >= 0.6 is 11.6 Å². The first kappa shape index (κ1) is 12.8. The molecule has 0 bridgehead atoms. The number of halogens is 1. The van der Waals surface area contributed by atoms with Gasteiger partial charge in [-0.05, 0) is 18.6 Å². The van der Waals surface area contributed by atoms with Crippen LogP contribution in [0.25, 0.3) is 0 Å². The van der Waals surface area contributed by atoms with Gasteiger partial charge in [0, 0.05) is 6.54 Å². The van der Waals surface area contributed by atoms with Crippen LogP contribution in [0.4, 0.5) is 0 Å². The molecule has 0 aliphatic rings. The number of alkyl halides is 1. The summed E-state index contributed by atoms with van der Waals surface area (Å²) in [6.45, 7) is 2.48. The van der Waals surface area contributed by atoms with Crippen molar-refractivity contribution in [3.63, 3.8) is 0 Å². The van der Waals surface area contributed by atoms with Gasteiger partial charge in [0.2, 0.25) is 0 Å². The number of para-hydroxylation sites is 1. The molecule has 1 atom stereocenters. The normalized spacial score (nSPS) is 11.9. The second kappa shape index (κ2) is 7.12. The third kappa shape index (κ3) is 5.03. The van der Waals surface area contributed by atoms with Crippen LogP contribution in [0.3, 0.4) is 0 Å². The first-order valence-electron chi connectivity index (χ1n) is 5.31. The van der Waals surface area contributed by atoms with Crippen molar-refractivity contribution in [1.82, 2.24) is 5.32 Å². The summed E-state index contributed by atoms with van der Waals surface area (Å²) in [5.41, 5.74) is 0. The van der Waals surface area contributed by atoms with E-state index >= 15 is 0 Å². The molecule has 1 amide bonds. The minimum absolute atomic E-state index is 0.0133. The monoisotopic (exact) mass is 241 g/mol. The van der Waals surface area contributed by atoms with E-state index in [1.54, 1.807) is 0 Å². The molecule has 1 unspecified atom stereocenters. The van der Waals surface area contributed by atoms with E-state index in [0.29, 0.717) is 12.3 Å². The number of hydrogen-bond donors (Lipinski definition) is 1. The molecule has 0 aromatic heterocycles. The van der Waals surface area contributed by atoms with Gasteiger partial charge in [0.25, 0.3) is 5.91 Å². The van der Waals surface area contributed by atoms with E-state index in [4.69, 9.17) is 16.3 Å². The Morgan fingerprint density at radius 2 is 2.12 bits per heavy atom. The minimum Gasteiger partial charge on any atom is -0.484 e. The van der Waals surface area contributed by atoms with Gasteiger partial charge < -0.3 is 10.1 Å². The zero-order chi connectivity index (χ0) is 11.8. The molecule has 0 spiro atoms. The van der Waals surface area contributed by atoms with Gasteiger partial charge in [0.15, 0.2) is 6.61 Å². The van der Waals surface area contributed by atoms with E-state index in [2.05, 4.69) is 5.32 Å². The fourth-order valence-corrected chi connectivity index (χ4v) is 1.16. The molecule has 0 heterocycles. The van der Waals surface area contributed by atoms with Gasteiger partial charge in [-0.3, -0.25) is 4.79 Å². The summed E-state index contributed by atoms with van der Waals surface area (Å²) in [6, 6.07) is 9.23. The quantitative estimate of drug-likeness (QED) is 0.776. The summed E-state index contributed by atoms with van der Waals surface area (Å²) in [6.07, 6.45) is 0.835. The van der Waals surface area contributed by atoms with Crippen LogP contribution in [0.15, 0.2) is 30.3 Å². The highest BCUT2D eigenvalue weighted by Gasteiger charge is 2.05. The summed E-state index contributed by atoms with van der Waals surface area (Å²) in [7, 11) is 0. The van der Waals surface area contributed by atoms with Crippen molar-refractivity contribution in [3.05, 3.63) is 30.3 Å². The van der Waals surface area contributed by atoms with Crippen LogP contribution in [0.1, 0.15) is 13.3 Å². The fourth-order valence-electron chi connectivity index (χ4n) is 1.09. The summed E-state index contributed by atoms with van der Waals surface area (Å²) < 4.78 is 5.28. The Kier molecular flexibility index (Phi) is 5.72. The van der Waals surface area contributed by atoms with Crippen molar-refractivity contribution >= 4 is 17.5 Å². The van der Waals surface area contributed by atoms with Crippen LogP contribution in [0.5, 0.6) is 5.75 Å². The first-order valence-corrected chi connectivity index (χ1v) is 5.74. The van der Waals surface area contributed by atoms with Crippen molar-refractivity contribution < 1.29 is 9.53 Å². The lowest BCUT2D eigenvalue weighted by atomic mass is 10.3. The number of ether oxygens (including phenoxy) is 1. The van der Waals surface area contributed by atoms with E-state index < -0.39 is 0 Å². The van der Waals surface area contributed by atoms with E-state index in [-0.39, 0.29) is 17.9 Å². The van der Waals surface area contributed by atoms with E-state index in [0.717, 1.165) is 6.42 Å². The summed E-state index contributed by atoms with van der Waals surface area (Å²) in [5.74, 6) is 0.540. The lowest BCUT2D eigenvalue weighted by Gasteiger charge is -2.09. The highest BCUT2D eigenvalue weighted by atomic mass is 35.5. The van der Waals surface area contributed by atoms with Gasteiger partial charge >= 0.3 is 0 Å². The molecule has 0 aliphatic carbocycles. The maximum absolute atomic E-state index is 11.3. The number of nitrogens with one attached hydrogen (secondary N) is 1. The van der Waals surface area contributed by atoms with Gasteiger partial charge in [0.05, 0.1) is 5.38 Å². The average molecular weight is 242 g/mol. The molecule has 16 heavy (non-hydrogen) atoms. The zero-order valence-corrected chi connectivity index (χ0v) is 10.0. The molecule has 88 valence electrons. The molecule has 1 aromatic carbocycles. The number of rotatable bonds is 6. The topological polar surface area (TPSA) is 38.3 Å². The first-order chi connectivity index (χ1) is 7.72. The smallest absolute Gasteiger partial charge is 0.257 e. The maximum Gasteiger partial charge on any atom is 0.257 e. The molecule has 0 saturated carbocycles. The Morgan fingerprint density at radius 1 is 1.44 bits per heavy atom. The highest BCUT2D eigenvalue weighted by molar-refractivity contribution is 6.20. The molecule has 3 nitrogen and oxygen atoms in total. The zero-order valence-electron chi connectivity index (χ0n) is 9.28. The third-order valence-electron chi connectivity index (χ3n) is 2.08. The van der Waals surface area contributed by atoms with Crippen LogP contribution in [-0.4, -0.2) is 24.4 Å². The van der Waals surface area contributed by atoms with Crippen molar-refractivity contribution in [1.29, 1.82) is 0 Å². The standard InChI is InChI=1S/C12H16ClNO2/c1-2-10(13)8-14-12(15)9-16-11-6-4-3-5-7-11/h3-7,10H,2,8-9H2,1H3,(H,14,15). The number of benzene rings is 1. The van der Waals surface area contributed by atoms with Crippen LogP contribution in [-0.2, 0) is 4.79 Å². The van der Waals surface area contributed by atoms with Gasteiger partial charge in [0.1, 0.15) is 5.75 Å². The second-order valence-electron chi connectivity index (χ2n) is 3.41. The molecule has 0 fully saturated rings. The van der Waals surface area contributed by atoms with Crippen LogP contribution in [0, 0.1) is 0 Å². The summed E-state index contributed by atoms with van der Waals surface area (Å²) in [4.78, 5) is 11.3. The van der Waals surface area contributed by atoms with E-state index in [1.807, 2.05) is 37.3 Å². The molecule has 0 aliphatic heterocycles. The Labute approximate surface area is 101 Å². The van der Waals surface area contributed by atoms with Crippen molar-refractivity contribution in [2.24, 2.45) is 0 Å². The third-order valence-corrected chi connectivity index (χ3v) is 2.54. The Hall–Kier alpha value is -1.22. The van der Waals surface area contributed by atoms with Gasteiger partial charge in [-0.25, -0.2) is 0 Å². The molecular weight excluding hydrogens is 226 g/mol. The fraction of sp³-hybridized carbons (Fsp3) is 0.417. The Balaban J connectivity index is 2.20. The van der Waals surface area contributed by atoms with E-state index in [1.165, 1.54) is 0 Å².